The fourth-order valence-electron chi connectivity index (χ4n) is 6.93. The van der Waals surface area contributed by atoms with Gasteiger partial charge in [-0.15, -0.1) is 0 Å². The van der Waals surface area contributed by atoms with Crippen LogP contribution >= 0.6 is 0 Å². The summed E-state index contributed by atoms with van der Waals surface area (Å²) in [5.41, 5.74) is -1.06. The minimum atomic E-state index is -1.31. The monoisotopic (exact) mass is 667 g/mol. The Bertz CT molecular complexity index is 1340. The molecule has 11 heteroatoms. The molecule has 2 fully saturated rings. The van der Waals surface area contributed by atoms with Gasteiger partial charge in [0.2, 0.25) is 6.10 Å². The molecule has 2 aliphatic rings. The van der Waals surface area contributed by atoms with Crippen molar-refractivity contribution in [3.63, 3.8) is 0 Å². The van der Waals surface area contributed by atoms with Crippen LogP contribution in [0.3, 0.4) is 0 Å². The highest BCUT2D eigenvalue weighted by atomic mass is 16.6. The minimum Gasteiger partial charge on any atom is -0.466 e. The molecule has 2 saturated heterocycles. The van der Waals surface area contributed by atoms with Crippen molar-refractivity contribution in [2.24, 2.45) is 0 Å². The topological polar surface area (TPSA) is 107 Å². The predicted molar refractivity (Wildman–Crippen MR) is 181 cm³/mol. The van der Waals surface area contributed by atoms with Gasteiger partial charge in [0.05, 0.1) is 37.4 Å². The lowest BCUT2D eigenvalue weighted by Gasteiger charge is -2.41. The van der Waals surface area contributed by atoms with Crippen molar-refractivity contribution in [2.75, 3.05) is 20.3 Å². The molecule has 0 aromatic heterocycles. The normalized spacial score (nSPS) is 21.0. The van der Waals surface area contributed by atoms with E-state index >= 15 is 0 Å². The van der Waals surface area contributed by atoms with Gasteiger partial charge in [0.25, 0.3) is 0 Å². The molecule has 11 nitrogen and oxygen atoms in total. The van der Waals surface area contributed by atoms with E-state index in [9.17, 15) is 14.4 Å². The van der Waals surface area contributed by atoms with Crippen LogP contribution in [0.1, 0.15) is 79.9 Å². The summed E-state index contributed by atoms with van der Waals surface area (Å²) in [7, 11) is 1.26. The zero-order chi connectivity index (χ0) is 35.5. The number of amides is 2. The van der Waals surface area contributed by atoms with Gasteiger partial charge in [-0.05, 0) is 73.4 Å². The number of methoxy groups -OCH3 is 1. The van der Waals surface area contributed by atoms with E-state index in [1.54, 1.807) is 25.7 Å². The van der Waals surface area contributed by atoms with Crippen LogP contribution in [0.25, 0.3) is 0 Å². The molecule has 48 heavy (non-hydrogen) atoms. The summed E-state index contributed by atoms with van der Waals surface area (Å²) in [4.78, 5) is 46.4. The number of carbonyl (C=O) groups excluding carboxylic acids is 3. The summed E-state index contributed by atoms with van der Waals surface area (Å²) in [5.74, 6) is -0.711. The molecule has 2 aromatic carbocycles. The molecule has 0 spiro atoms. The third kappa shape index (κ3) is 8.48. The second kappa shape index (κ2) is 14.4. The Kier molecular flexibility index (Phi) is 11.2. The molecule has 0 radical (unpaired) electrons. The van der Waals surface area contributed by atoms with E-state index in [0.717, 1.165) is 11.1 Å². The lowest BCUT2D eigenvalue weighted by molar-refractivity contribution is -0.154. The first-order chi connectivity index (χ1) is 22.4. The van der Waals surface area contributed by atoms with Crippen molar-refractivity contribution in [3.05, 3.63) is 71.8 Å². The zero-order valence-electron chi connectivity index (χ0n) is 30.1. The summed E-state index contributed by atoms with van der Waals surface area (Å²) in [6.07, 6.45) is -3.31. The van der Waals surface area contributed by atoms with Crippen molar-refractivity contribution in [2.45, 2.75) is 123 Å². The maximum atomic E-state index is 13.9. The van der Waals surface area contributed by atoms with Crippen LogP contribution in [0.4, 0.5) is 9.59 Å². The molecular weight excluding hydrogens is 614 g/mol. The average Bonchev–Trinajstić information content (AvgIpc) is 3.38. The van der Waals surface area contributed by atoms with E-state index in [1.807, 2.05) is 102 Å². The van der Waals surface area contributed by atoms with Crippen LogP contribution in [0, 0.1) is 0 Å². The SMILES string of the molecule is COC(=O)[C@@H](C[C@@H]([C@H](C)OC(=O)N1C(C)(C)COC1(C)C)N(Cc1ccccc1)Cc1ccccc1)OC(=O)N1C(C)(C)COC1(C)C. The molecular formula is C37H53N3O8. The van der Waals surface area contributed by atoms with E-state index in [-0.39, 0.29) is 6.42 Å². The Balaban J connectivity index is 1.72. The second-order valence-corrected chi connectivity index (χ2v) is 14.9. The third-order valence-electron chi connectivity index (χ3n) is 9.13. The van der Waals surface area contributed by atoms with Crippen LogP contribution in [0.15, 0.2) is 60.7 Å². The largest absolute Gasteiger partial charge is 0.466 e. The van der Waals surface area contributed by atoms with Gasteiger partial charge in [-0.3, -0.25) is 14.7 Å². The molecule has 0 saturated carbocycles. The van der Waals surface area contributed by atoms with Gasteiger partial charge in [-0.1, -0.05) is 60.7 Å². The predicted octanol–water partition coefficient (Wildman–Crippen LogP) is 6.34. The summed E-state index contributed by atoms with van der Waals surface area (Å²) in [6.45, 7) is 18.3. The Hall–Kier alpha value is -3.67. The van der Waals surface area contributed by atoms with Gasteiger partial charge in [-0.2, -0.15) is 0 Å². The molecule has 2 aliphatic heterocycles. The maximum Gasteiger partial charge on any atom is 0.413 e. The summed E-state index contributed by atoms with van der Waals surface area (Å²) >= 11 is 0. The quantitative estimate of drug-likeness (QED) is 0.200. The van der Waals surface area contributed by atoms with Gasteiger partial charge in [-0.25, -0.2) is 14.4 Å². The lowest BCUT2D eigenvalue weighted by atomic mass is 9.99. The van der Waals surface area contributed by atoms with Gasteiger partial charge in [0.1, 0.15) is 17.6 Å². The standard InChI is InChI=1S/C37H53N3O8/c1-26(47-32(42)39-34(2,3)24-45-36(39,6)7)29(38(22-27-17-13-11-14-18-27)23-28-19-15-12-16-20-28)21-30(31(41)44-10)48-33(43)40-35(4,5)25-46-37(40,8)9/h11-20,26,29-30H,21-25H2,1-10H3/t26-,29-,30+/m0/s1. The fraction of sp³-hybridized carbons (Fsp3) is 0.595. The molecule has 3 atom stereocenters. The number of nitrogens with zero attached hydrogens (tertiary/aromatic N) is 3. The van der Waals surface area contributed by atoms with E-state index in [4.69, 9.17) is 23.7 Å². The second-order valence-electron chi connectivity index (χ2n) is 14.9. The van der Waals surface area contributed by atoms with Crippen LogP contribution in [0.2, 0.25) is 0 Å². The molecule has 4 rings (SSSR count). The third-order valence-corrected chi connectivity index (χ3v) is 9.13. The number of carbonyl (C=O) groups is 3. The Morgan fingerprint density at radius 3 is 1.52 bits per heavy atom. The van der Waals surface area contributed by atoms with Gasteiger partial charge < -0.3 is 23.7 Å². The first-order valence-corrected chi connectivity index (χ1v) is 16.6. The lowest BCUT2D eigenvalue weighted by Crippen LogP contribution is -2.56. The summed E-state index contributed by atoms with van der Waals surface area (Å²) in [6, 6.07) is 19.2. The Morgan fingerprint density at radius 1 is 0.729 bits per heavy atom. The number of hydrogen-bond donors (Lipinski definition) is 0. The molecule has 0 N–H and O–H groups in total. The molecule has 2 heterocycles. The minimum absolute atomic E-state index is 0.00856. The van der Waals surface area contributed by atoms with Crippen LogP contribution in [-0.4, -0.2) is 94.0 Å². The van der Waals surface area contributed by atoms with E-state index < -0.39 is 58.9 Å². The summed E-state index contributed by atoms with van der Waals surface area (Å²) in [5, 5.41) is 0. The van der Waals surface area contributed by atoms with E-state index in [2.05, 4.69) is 4.90 Å². The highest BCUT2D eigenvalue weighted by Gasteiger charge is 2.52. The van der Waals surface area contributed by atoms with Crippen molar-refractivity contribution < 1.29 is 38.1 Å². The van der Waals surface area contributed by atoms with Crippen molar-refractivity contribution >= 4 is 18.2 Å². The van der Waals surface area contributed by atoms with E-state index in [1.165, 1.54) is 12.0 Å². The van der Waals surface area contributed by atoms with Crippen LogP contribution in [-0.2, 0) is 41.6 Å². The molecule has 2 amide bonds. The van der Waals surface area contributed by atoms with Gasteiger partial charge in [0.15, 0.2) is 0 Å². The summed E-state index contributed by atoms with van der Waals surface area (Å²) < 4.78 is 29.3. The molecule has 0 bridgehead atoms. The Labute approximate surface area is 285 Å². The number of rotatable bonds is 11. The first kappa shape index (κ1) is 37.2. The highest BCUT2D eigenvalue weighted by Crippen LogP contribution is 2.37. The zero-order valence-corrected chi connectivity index (χ0v) is 30.1. The molecule has 0 unspecified atom stereocenters. The van der Waals surface area contributed by atoms with Crippen LogP contribution < -0.4 is 0 Å². The molecule has 0 aliphatic carbocycles. The van der Waals surface area contributed by atoms with E-state index in [0.29, 0.717) is 26.3 Å². The maximum absolute atomic E-state index is 13.9. The van der Waals surface area contributed by atoms with Crippen LogP contribution in [0.5, 0.6) is 0 Å². The van der Waals surface area contributed by atoms with Crippen molar-refractivity contribution in [1.82, 2.24) is 14.7 Å². The molecule has 2 aromatic rings. The average molecular weight is 668 g/mol. The highest BCUT2D eigenvalue weighted by molar-refractivity contribution is 5.79. The van der Waals surface area contributed by atoms with Gasteiger partial charge >= 0.3 is 18.2 Å². The molecule has 264 valence electrons. The number of benzene rings is 2. The smallest absolute Gasteiger partial charge is 0.413 e. The number of hydrogen-bond acceptors (Lipinski definition) is 9. The fourth-order valence-corrected chi connectivity index (χ4v) is 6.93. The van der Waals surface area contributed by atoms with Crippen molar-refractivity contribution in [1.29, 1.82) is 0 Å². The Morgan fingerprint density at radius 2 is 1.15 bits per heavy atom. The number of esters is 1. The van der Waals surface area contributed by atoms with Gasteiger partial charge in [0, 0.05) is 19.5 Å². The number of ether oxygens (including phenoxy) is 5. The first-order valence-electron chi connectivity index (χ1n) is 16.6. The van der Waals surface area contributed by atoms with Crippen molar-refractivity contribution in [3.8, 4) is 0 Å².